The van der Waals surface area contributed by atoms with E-state index >= 15 is 0 Å². The van der Waals surface area contributed by atoms with Gasteiger partial charge in [-0.2, -0.15) is 0 Å². The normalized spacial score (nSPS) is 11.5. The predicted molar refractivity (Wildman–Crippen MR) is 67.2 cm³/mol. The summed E-state index contributed by atoms with van der Waals surface area (Å²) in [6.07, 6.45) is 0. The average molecular weight is 206 g/mol. The Bertz CT molecular complexity index is 329. The zero-order valence-electron chi connectivity index (χ0n) is 10.2. The number of nitrogens with one attached hydrogen (secondary N) is 1. The van der Waals surface area contributed by atoms with Gasteiger partial charge >= 0.3 is 0 Å². The Labute approximate surface area is 92.9 Å². The maximum Gasteiger partial charge on any atom is 0.0372 e. The van der Waals surface area contributed by atoms with Crippen LogP contribution in [0.3, 0.4) is 0 Å². The molecular weight excluding hydrogens is 184 g/mol. The van der Waals surface area contributed by atoms with Crippen LogP contribution in [0.15, 0.2) is 18.2 Å². The van der Waals surface area contributed by atoms with Crippen LogP contribution in [0.1, 0.15) is 25.0 Å². The van der Waals surface area contributed by atoms with Gasteiger partial charge in [0.15, 0.2) is 0 Å². The summed E-state index contributed by atoms with van der Waals surface area (Å²) in [5.41, 5.74) is 9.64. The first kappa shape index (κ1) is 12.1. The highest BCUT2D eigenvalue weighted by Crippen LogP contribution is 2.19. The predicted octanol–water partition coefficient (Wildman–Crippen LogP) is 2.70. The van der Waals surface area contributed by atoms with Gasteiger partial charge in [-0.1, -0.05) is 26.0 Å². The van der Waals surface area contributed by atoms with Crippen molar-refractivity contribution >= 4 is 5.69 Å². The van der Waals surface area contributed by atoms with Gasteiger partial charge < -0.3 is 11.1 Å². The standard InChI is InChI=1S/C13H22N2/c1-10-5-6-11(2)12(7-10)15-9-13(3,4)8-14/h5-7,15H,8-9,14H2,1-4H3. The molecule has 1 aromatic rings. The third-order valence-corrected chi connectivity index (χ3v) is 2.70. The van der Waals surface area contributed by atoms with Crippen molar-refractivity contribution in [3.63, 3.8) is 0 Å². The van der Waals surface area contributed by atoms with E-state index in [0.717, 1.165) is 6.54 Å². The molecule has 0 heterocycles. The minimum absolute atomic E-state index is 0.149. The van der Waals surface area contributed by atoms with Gasteiger partial charge in [-0.25, -0.2) is 0 Å². The molecule has 2 nitrogen and oxygen atoms in total. The second-order valence-corrected chi connectivity index (χ2v) is 5.04. The highest BCUT2D eigenvalue weighted by Gasteiger charge is 2.15. The number of benzene rings is 1. The number of hydrogen-bond acceptors (Lipinski definition) is 2. The number of hydrogen-bond donors (Lipinski definition) is 2. The van der Waals surface area contributed by atoms with Crippen molar-refractivity contribution in [1.29, 1.82) is 0 Å². The van der Waals surface area contributed by atoms with Gasteiger partial charge in [-0.15, -0.1) is 0 Å². The molecule has 0 radical (unpaired) electrons. The Hall–Kier alpha value is -1.02. The van der Waals surface area contributed by atoms with Crippen LogP contribution in [-0.4, -0.2) is 13.1 Å². The minimum Gasteiger partial charge on any atom is -0.384 e. The lowest BCUT2D eigenvalue weighted by Crippen LogP contribution is -2.31. The van der Waals surface area contributed by atoms with Crippen molar-refractivity contribution in [3.8, 4) is 0 Å². The first-order chi connectivity index (χ1) is 6.94. The highest BCUT2D eigenvalue weighted by molar-refractivity contribution is 5.52. The van der Waals surface area contributed by atoms with E-state index in [1.807, 2.05) is 0 Å². The number of aryl methyl sites for hydroxylation is 2. The summed E-state index contributed by atoms with van der Waals surface area (Å²) in [5.74, 6) is 0. The maximum absolute atomic E-state index is 5.70. The van der Waals surface area contributed by atoms with E-state index in [-0.39, 0.29) is 5.41 Å². The molecule has 0 spiro atoms. The van der Waals surface area contributed by atoms with Crippen molar-refractivity contribution in [2.45, 2.75) is 27.7 Å². The fraction of sp³-hybridized carbons (Fsp3) is 0.538. The Balaban J connectivity index is 2.69. The second kappa shape index (κ2) is 4.67. The van der Waals surface area contributed by atoms with Crippen LogP contribution in [0.4, 0.5) is 5.69 Å². The Morgan fingerprint density at radius 2 is 1.93 bits per heavy atom. The molecular formula is C13H22N2. The van der Waals surface area contributed by atoms with E-state index < -0.39 is 0 Å². The van der Waals surface area contributed by atoms with Crippen molar-refractivity contribution in [1.82, 2.24) is 0 Å². The van der Waals surface area contributed by atoms with Crippen LogP contribution in [0, 0.1) is 19.3 Å². The van der Waals surface area contributed by atoms with Gasteiger partial charge in [0.2, 0.25) is 0 Å². The van der Waals surface area contributed by atoms with Gasteiger partial charge in [0.1, 0.15) is 0 Å². The number of rotatable bonds is 4. The van der Waals surface area contributed by atoms with Crippen molar-refractivity contribution in [2.24, 2.45) is 11.1 Å². The summed E-state index contributed by atoms with van der Waals surface area (Å²) >= 11 is 0. The summed E-state index contributed by atoms with van der Waals surface area (Å²) in [4.78, 5) is 0. The van der Waals surface area contributed by atoms with Crippen LogP contribution in [0.2, 0.25) is 0 Å². The summed E-state index contributed by atoms with van der Waals surface area (Å²) in [5, 5.41) is 3.46. The molecule has 84 valence electrons. The van der Waals surface area contributed by atoms with Gasteiger partial charge in [0.05, 0.1) is 0 Å². The molecule has 1 rings (SSSR count). The smallest absolute Gasteiger partial charge is 0.0372 e. The van der Waals surface area contributed by atoms with Gasteiger partial charge in [-0.3, -0.25) is 0 Å². The van der Waals surface area contributed by atoms with E-state index in [4.69, 9.17) is 5.73 Å². The van der Waals surface area contributed by atoms with Gasteiger partial charge in [0, 0.05) is 12.2 Å². The summed E-state index contributed by atoms with van der Waals surface area (Å²) < 4.78 is 0. The fourth-order valence-electron chi connectivity index (χ4n) is 1.33. The van der Waals surface area contributed by atoms with Gasteiger partial charge in [-0.05, 0) is 43.0 Å². The summed E-state index contributed by atoms with van der Waals surface area (Å²) in [6.45, 7) is 10.2. The van der Waals surface area contributed by atoms with Crippen molar-refractivity contribution in [3.05, 3.63) is 29.3 Å². The molecule has 0 saturated heterocycles. The molecule has 0 aliphatic rings. The van der Waals surface area contributed by atoms with E-state index in [1.54, 1.807) is 0 Å². The molecule has 0 unspecified atom stereocenters. The highest BCUT2D eigenvalue weighted by atomic mass is 14.9. The lowest BCUT2D eigenvalue weighted by atomic mass is 9.93. The van der Waals surface area contributed by atoms with Crippen LogP contribution in [-0.2, 0) is 0 Å². The molecule has 1 aromatic carbocycles. The zero-order chi connectivity index (χ0) is 11.5. The van der Waals surface area contributed by atoms with Crippen LogP contribution < -0.4 is 11.1 Å². The van der Waals surface area contributed by atoms with Crippen LogP contribution in [0.25, 0.3) is 0 Å². The molecule has 0 aliphatic carbocycles. The maximum atomic E-state index is 5.70. The number of nitrogens with two attached hydrogens (primary N) is 1. The van der Waals surface area contributed by atoms with Gasteiger partial charge in [0.25, 0.3) is 0 Å². The number of anilines is 1. The van der Waals surface area contributed by atoms with Crippen LogP contribution >= 0.6 is 0 Å². The van der Waals surface area contributed by atoms with E-state index in [9.17, 15) is 0 Å². The molecule has 0 fully saturated rings. The SMILES string of the molecule is Cc1ccc(C)c(NCC(C)(C)CN)c1. The van der Waals surface area contributed by atoms with Crippen molar-refractivity contribution < 1.29 is 0 Å². The van der Waals surface area contributed by atoms with E-state index in [0.29, 0.717) is 6.54 Å². The first-order valence-electron chi connectivity index (χ1n) is 5.46. The Morgan fingerprint density at radius 1 is 1.27 bits per heavy atom. The fourth-order valence-corrected chi connectivity index (χ4v) is 1.33. The third-order valence-electron chi connectivity index (χ3n) is 2.70. The average Bonchev–Trinajstić information content (AvgIpc) is 2.20. The molecule has 0 aromatic heterocycles. The van der Waals surface area contributed by atoms with E-state index in [2.05, 4.69) is 51.2 Å². The lowest BCUT2D eigenvalue weighted by molar-refractivity contribution is 0.405. The molecule has 0 saturated carbocycles. The second-order valence-electron chi connectivity index (χ2n) is 5.04. The minimum atomic E-state index is 0.149. The van der Waals surface area contributed by atoms with E-state index in [1.165, 1.54) is 16.8 Å². The Kier molecular flexibility index (Phi) is 3.75. The Morgan fingerprint density at radius 3 is 2.53 bits per heavy atom. The molecule has 3 N–H and O–H groups in total. The summed E-state index contributed by atoms with van der Waals surface area (Å²) in [6, 6.07) is 6.46. The third kappa shape index (κ3) is 3.56. The van der Waals surface area contributed by atoms with Crippen LogP contribution in [0.5, 0.6) is 0 Å². The first-order valence-corrected chi connectivity index (χ1v) is 5.46. The molecule has 0 amide bonds. The summed E-state index contributed by atoms with van der Waals surface area (Å²) in [7, 11) is 0. The quantitative estimate of drug-likeness (QED) is 0.795. The van der Waals surface area contributed by atoms with Crippen molar-refractivity contribution in [2.75, 3.05) is 18.4 Å². The molecule has 2 heteroatoms. The molecule has 0 aliphatic heterocycles. The molecule has 0 bridgehead atoms. The monoisotopic (exact) mass is 206 g/mol. The molecule has 0 atom stereocenters. The topological polar surface area (TPSA) is 38.0 Å². The largest absolute Gasteiger partial charge is 0.384 e. The zero-order valence-corrected chi connectivity index (χ0v) is 10.2. The molecule has 15 heavy (non-hydrogen) atoms. The lowest BCUT2D eigenvalue weighted by Gasteiger charge is -2.24.